The Morgan fingerprint density at radius 3 is 2.30 bits per heavy atom. The molecule has 0 heterocycles. The lowest BCUT2D eigenvalue weighted by Crippen LogP contribution is -2.41. The summed E-state index contributed by atoms with van der Waals surface area (Å²) in [4.78, 5) is 34.7. The van der Waals surface area contributed by atoms with E-state index >= 15 is 0 Å². The maximum atomic E-state index is 12.3. The van der Waals surface area contributed by atoms with Gasteiger partial charge in [0, 0.05) is 23.3 Å². The number of rotatable bonds is 10. The Hall–Kier alpha value is -3.62. The first-order valence-electron chi connectivity index (χ1n) is 9.62. The summed E-state index contributed by atoms with van der Waals surface area (Å²) < 4.78 is 11.0. The standard InChI is InChI=1S/C21H25N3O6/c1-3-4-5-6-12-30-18-11-10-16(14-19(18)29-2)21(26)23-22-20(25)15-8-7-9-17(13-15)24(27)28/h7-11,13-14H,3-6,12H2,1-2H3,(H,22,25)(H,23,26). The van der Waals surface area contributed by atoms with Crippen LogP contribution in [-0.4, -0.2) is 30.5 Å². The number of hydrogen-bond acceptors (Lipinski definition) is 6. The molecule has 2 rings (SSSR count). The predicted molar refractivity (Wildman–Crippen MR) is 111 cm³/mol. The summed E-state index contributed by atoms with van der Waals surface area (Å²) in [5.74, 6) is -0.304. The molecule has 9 heteroatoms. The number of non-ortho nitro benzene ring substituents is 1. The molecule has 0 fully saturated rings. The highest BCUT2D eigenvalue weighted by molar-refractivity contribution is 5.99. The molecule has 2 aromatic carbocycles. The first-order chi connectivity index (χ1) is 14.5. The van der Waals surface area contributed by atoms with Crippen LogP contribution >= 0.6 is 0 Å². The molecular weight excluding hydrogens is 390 g/mol. The number of hydrogen-bond donors (Lipinski definition) is 2. The fourth-order valence-electron chi connectivity index (χ4n) is 2.66. The van der Waals surface area contributed by atoms with E-state index < -0.39 is 16.7 Å². The molecule has 0 aromatic heterocycles. The van der Waals surface area contributed by atoms with Crippen molar-refractivity contribution in [3.63, 3.8) is 0 Å². The lowest BCUT2D eigenvalue weighted by molar-refractivity contribution is -0.384. The predicted octanol–water partition coefficient (Wildman–Crippen LogP) is 3.64. The summed E-state index contributed by atoms with van der Waals surface area (Å²) in [6.07, 6.45) is 4.32. The van der Waals surface area contributed by atoms with Crippen LogP contribution < -0.4 is 20.3 Å². The van der Waals surface area contributed by atoms with Gasteiger partial charge in [-0.15, -0.1) is 0 Å². The lowest BCUT2D eigenvalue weighted by Gasteiger charge is -2.12. The van der Waals surface area contributed by atoms with Crippen LogP contribution in [0.4, 0.5) is 5.69 Å². The topological polar surface area (TPSA) is 120 Å². The number of methoxy groups -OCH3 is 1. The van der Waals surface area contributed by atoms with Crippen LogP contribution in [0.15, 0.2) is 42.5 Å². The van der Waals surface area contributed by atoms with E-state index in [4.69, 9.17) is 9.47 Å². The molecule has 2 aromatic rings. The second-order valence-electron chi connectivity index (χ2n) is 6.49. The number of nitrogens with one attached hydrogen (secondary N) is 2. The van der Waals surface area contributed by atoms with Gasteiger partial charge in [-0.3, -0.25) is 30.6 Å². The van der Waals surface area contributed by atoms with Crippen LogP contribution in [0.5, 0.6) is 11.5 Å². The minimum atomic E-state index is -0.675. The number of hydrazine groups is 1. The van der Waals surface area contributed by atoms with Gasteiger partial charge < -0.3 is 9.47 Å². The van der Waals surface area contributed by atoms with Crippen LogP contribution in [0, 0.1) is 10.1 Å². The highest BCUT2D eigenvalue weighted by Gasteiger charge is 2.14. The summed E-state index contributed by atoms with van der Waals surface area (Å²) >= 11 is 0. The van der Waals surface area contributed by atoms with Crippen LogP contribution in [0.3, 0.4) is 0 Å². The third-order valence-corrected chi connectivity index (χ3v) is 4.29. The van der Waals surface area contributed by atoms with Crippen molar-refractivity contribution in [3.05, 3.63) is 63.7 Å². The Kier molecular flexibility index (Phi) is 8.61. The van der Waals surface area contributed by atoms with E-state index in [9.17, 15) is 19.7 Å². The summed E-state index contributed by atoms with van der Waals surface area (Å²) in [7, 11) is 1.48. The van der Waals surface area contributed by atoms with E-state index in [1.165, 1.54) is 31.4 Å². The average molecular weight is 415 g/mol. The van der Waals surface area contributed by atoms with Gasteiger partial charge in [-0.25, -0.2) is 0 Å². The van der Waals surface area contributed by atoms with Gasteiger partial charge in [-0.05, 0) is 30.7 Å². The van der Waals surface area contributed by atoms with Crippen LogP contribution in [0.25, 0.3) is 0 Å². The Labute approximate surface area is 174 Å². The van der Waals surface area contributed by atoms with Crippen molar-refractivity contribution in [1.29, 1.82) is 0 Å². The Bertz CT molecular complexity index is 900. The summed E-state index contributed by atoms with van der Waals surface area (Å²) in [5, 5.41) is 10.8. The third kappa shape index (κ3) is 6.47. The Balaban J connectivity index is 1.95. The van der Waals surface area contributed by atoms with Gasteiger partial charge in [0.1, 0.15) is 0 Å². The molecule has 2 amide bonds. The molecule has 2 N–H and O–H groups in total. The minimum absolute atomic E-state index is 0.0499. The van der Waals surface area contributed by atoms with E-state index in [1.807, 2.05) is 0 Å². The molecule has 0 atom stereocenters. The number of nitro benzene ring substituents is 1. The van der Waals surface area contributed by atoms with Crippen molar-refractivity contribution in [2.45, 2.75) is 32.6 Å². The third-order valence-electron chi connectivity index (χ3n) is 4.29. The van der Waals surface area contributed by atoms with Crippen molar-refractivity contribution in [1.82, 2.24) is 10.9 Å². The summed E-state index contributed by atoms with van der Waals surface area (Å²) in [6, 6.07) is 9.89. The van der Waals surface area contributed by atoms with Gasteiger partial charge >= 0.3 is 0 Å². The molecular formula is C21H25N3O6. The fraction of sp³-hybridized carbons (Fsp3) is 0.333. The molecule has 0 unspecified atom stereocenters. The molecule has 9 nitrogen and oxygen atoms in total. The molecule has 0 spiro atoms. The summed E-state index contributed by atoms with van der Waals surface area (Å²) in [5.41, 5.74) is 4.60. The number of ether oxygens (including phenoxy) is 2. The second kappa shape index (κ2) is 11.4. The van der Waals surface area contributed by atoms with Gasteiger partial charge in [0.2, 0.25) is 0 Å². The first kappa shape index (κ1) is 22.7. The molecule has 0 radical (unpaired) electrons. The SMILES string of the molecule is CCCCCCOc1ccc(C(=O)NNC(=O)c2cccc([N+](=O)[O-])c2)cc1OC. The zero-order chi connectivity index (χ0) is 21.9. The molecule has 30 heavy (non-hydrogen) atoms. The van der Waals surface area contributed by atoms with Crippen LogP contribution in [0.1, 0.15) is 53.3 Å². The van der Waals surface area contributed by atoms with Gasteiger partial charge in [0.05, 0.1) is 18.6 Å². The Morgan fingerprint density at radius 1 is 0.967 bits per heavy atom. The van der Waals surface area contributed by atoms with Crippen molar-refractivity contribution in [2.24, 2.45) is 0 Å². The normalized spacial score (nSPS) is 10.2. The number of carbonyl (C=O) groups is 2. The number of benzene rings is 2. The summed E-state index contributed by atoms with van der Waals surface area (Å²) in [6.45, 7) is 2.70. The molecule has 0 aliphatic carbocycles. The number of amides is 2. The number of unbranched alkanes of at least 4 members (excludes halogenated alkanes) is 3. The van der Waals surface area contributed by atoms with E-state index in [0.717, 1.165) is 31.7 Å². The Morgan fingerprint density at radius 2 is 1.67 bits per heavy atom. The average Bonchev–Trinajstić information content (AvgIpc) is 2.77. The van der Waals surface area contributed by atoms with Crippen molar-refractivity contribution in [3.8, 4) is 11.5 Å². The smallest absolute Gasteiger partial charge is 0.270 e. The maximum absolute atomic E-state index is 12.3. The molecule has 0 saturated heterocycles. The minimum Gasteiger partial charge on any atom is -0.493 e. The highest BCUT2D eigenvalue weighted by atomic mass is 16.6. The maximum Gasteiger partial charge on any atom is 0.270 e. The zero-order valence-electron chi connectivity index (χ0n) is 17.0. The second-order valence-corrected chi connectivity index (χ2v) is 6.49. The number of carbonyl (C=O) groups excluding carboxylic acids is 2. The van der Waals surface area contributed by atoms with E-state index in [-0.39, 0.29) is 16.8 Å². The number of nitrogens with zero attached hydrogens (tertiary/aromatic N) is 1. The van der Waals surface area contributed by atoms with E-state index in [2.05, 4.69) is 17.8 Å². The van der Waals surface area contributed by atoms with Crippen molar-refractivity contribution in [2.75, 3.05) is 13.7 Å². The quantitative estimate of drug-likeness (QED) is 0.347. The molecule has 0 bridgehead atoms. The van der Waals surface area contributed by atoms with Gasteiger partial charge in [-0.1, -0.05) is 32.3 Å². The fourth-order valence-corrected chi connectivity index (χ4v) is 2.66. The van der Waals surface area contributed by atoms with Gasteiger partial charge in [-0.2, -0.15) is 0 Å². The lowest BCUT2D eigenvalue weighted by atomic mass is 10.2. The molecule has 0 saturated carbocycles. The largest absolute Gasteiger partial charge is 0.493 e. The van der Waals surface area contributed by atoms with Crippen molar-refractivity contribution >= 4 is 17.5 Å². The van der Waals surface area contributed by atoms with Gasteiger partial charge in [0.15, 0.2) is 11.5 Å². The molecule has 0 aliphatic rings. The molecule has 160 valence electrons. The highest BCUT2D eigenvalue weighted by Crippen LogP contribution is 2.28. The van der Waals surface area contributed by atoms with E-state index in [1.54, 1.807) is 12.1 Å². The zero-order valence-corrected chi connectivity index (χ0v) is 17.0. The van der Waals surface area contributed by atoms with Crippen molar-refractivity contribution < 1.29 is 24.0 Å². The van der Waals surface area contributed by atoms with Crippen LogP contribution in [-0.2, 0) is 0 Å². The monoisotopic (exact) mass is 415 g/mol. The first-order valence-corrected chi connectivity index (χ1v) is 9.62. The van der Waals surface area contributed by atoms with Gasteiger partial charge in [0.25, 0.3) is 17.5 Å². The molecule has 0 aliphatic heterocycles. The van der Waals surface area contributed by atoms with Crippen LogP contribution in [0.2, 0.25) is 0 Å². The van der Waals surface area contributed by atoms with E-state index in [0.29, 0.717) is 18.1 Å². The number of nitro groups is 1.